The number of pyridine rings is 1. The normalized spacial score (nSPS) is 11.1. The molecule has 0 spiro atoms. The third-order valence-corrected chi connectivity index (χ3v) is 3.31. The van der Waals surface area contributed by atoms with Gasteiger partial charge in [-0.3, -0.25) is 24.3 Å². The molecule has 2 rings (SSSR count). The highest BCUT2D eigenvalue weighted by Crippen LogP contribution is 2.18. The van der Waals surface area contributed by atoms with E-state index in [0.29, 0.717) is 5.56 Å². The van der Waals surface area contributed by atoms with E-state index in [0.717, 1.165) is 22.9 Å². The predicted molar refractivity (Wildman–Crippen MR) is 87.2 cm³/mol. The van der Waals surface area contributed by atoms with E-state index in [1.807, 2.05) is 0 Å². The molecular formula is C16H14F3N3O5. The molecule has 0 saturated carbocycles. The summed E-state index contributed by atoms with van der Waals surface area (Å²) in [6.07, 6.45) is -3.47. The third kappa shape index (κ3) is 6.45. The molecule has 1 N–H and O–H groups in total. The van der Waals surface area contributed by atoms with E-state index in [2.05, 4.69) is 10.1 Å². The van der Waals surface area contributed by atoms with E-state index in [-0.39, 0.29) is 18.0 Å². The lowest BCUT2D eigenvalue weighted by Crippen LogP contribution is -2.31. The number of benzene rings is 1. The van der Waals surface area contributed by atoms with Crippen LogP contribution in [-0.4, -0.2) is 28.2 Å². The summed E-state index contributed by atoms with van der Waals surface area (Å²) in [6.45, 7) is -1.75. The fraction of sp³-hybridized carbons (Fsp3) is 0.250. The van der Waals surface area contributed by atoms with Crippen molar-refractivity contribution in [2.24, 2.45) is 0 Å². The van der Waals surface area contributed by atoms with Crippen molar-refractivity contribution in [3.05, 3.63) is 68.6 Å². The van der Waals surface area contributed by atoms with Crippen LogP contribution in [0, 0.1) is 10.1 Å². The Morgan fingerprint density at radius 1 is 1.19 bits per heavy atom. The molecule has 144 valence electrons. The second-order valence-electron chi connectivity index (χ2n) is 5.44. The molecule has 0 bridgehead atoms. The average molecular weight is 385 g/mol. The monoisotopic (exact) mass is 385 g/mol. The smallest absolute Gasteiger partial charge is 0.422 e. The SMILES string of the molecule is O=C(Cn1cc([N+](=O)[O-])ccc1=O)NCc1ccc(OCC(F)(F)F)cc1. The van der Waals surface area contributed by atoms with Crippen LogP contribution in [-0.2, 0) is 17.9 Å². The maximum atomic E-state index is 12.1. The van der Waals surface area contributed by atoms with Crippen LogP contribution in [0.4, 0.5) is 18.9 Å². The number of rotatable bonds is 7. The van der Waals surface area contributed by atoms with Crippen LogP contribution in [0.15, 0.2) is 47.4 Å². The standard InChI is InChI=1S/C16H14F3N3O5/c17-16(18,19)10-27-13-4-1-11(2-5-13)7-20-14(23)9-21-8-12(22(25)26)3-6-15(21)24/h1-6,8H,7,9-10H2,(H,20,23). The van der Waals surface area contributed by atoms with E-state index >= 15 is 0 Å². The molecule has 0 aliphatic carbocycles. The van der Waals surface area contributed by atoms with E-state index in [1.165, 1.54) is 24.3 Å². The quantitative estimate of drug-likeness (QED) is 0.580. The number of halogens is 3. The van der Waals surface area contributed by atoms with E-state index < -0.39 is 35.7 Å². The first-order chi connectivity index (χ1) is 12.6. The molecule has 1 aromatic carbocycles. The summed E-state index contributed by atoms with van der Waals surface area (Å²) in [5, 5.41) is 13.2. The van der Waals surface area contributed by atoms with Gasteiger partial charge >= 0.3 is 6.18 Å². The number of nitro groups is 1. The lowest BCUT2D eigenvalue weighted by atomic mass is 10.2. The van der Waals surface area contributed by atoms with Crippen LogP contribution in [0.5, 0.6) is 5.75 Å². The molecule has 11 heteroatoms. The van der Waals surface area contributed by atoms with Gasteiger partial charge in [0.05, 0.1) is 11.1 Å². The van der Waals surface area contributed by atoms with E-state index in [4.69, 9.17) is 0 Å². The van der Waals surface area contributed by atoms with Crippen LogP contribution in [0.25, 0.3) is 0 Å². The topological polar surface area (TPSA) is 103 Å². The van der Waals surface area contributed by atoms with Crippen molar-refractivity contribution in [1.29, 1.82) is 0 Å². The summed E-state index contributed by atoms with van der Waals surface area (Å²) in [6, 6.07) is 7.65. The zero-order chi connectivity index (χ0) is 20.0. The second-order valence-corrected chi connectivity index (χ2v) is 5.44. The van der Waals surface area contributed by atoms with Gasteiger partial charge in [-0.1, -0.05) is 12.1 Å². The van der Waals surface area contributed by atoms with Crippen molar-refractivity contribution < 1.29 is 27.6 Å². The number of carbonyl (C=O) groups is 1. The van der Waals surface area contributed by atoms with Crippen molar-refractivity contribution in [2.45, 2.75) is 19.3 Å². The van der Waals surface area contributed by atoms with Gasteiger partial charge in [-0.2, -0.15) is 13.2 Å². The Balaban J connectivity index is 1.89. The number of ether oxygens (including phenoxy) is 1. The summed E-state index contributed by atoms with van der Waals surface area (Å²) in [5.41, 5.74) is -0.298. The first kappa shape index (κ1) is 19.9. The Bertz CT molecular complexity index is 878. The Labute approximate surface area is 150 Å². The number of amides is 1. The van der Waals surface area contributed by atoms with Gasteiger partial charge in [0, 0.05) is 18.7 Å². The zero-order valence-corrected chi connectivity index (χ0v) is 13.7. The maximum absolute atomic E-state index is 12.1. The molecule has 2 aromatic rings. The summed E-state index contributed by atoms with van der Waals surface area (Å²) in [4.78, 5) is 33.6. The van der Waals surface area contributed by atoms with Gasteiger partial charge in [0.2, 0.25) is 5.91 Å². The Morgan fingerprint density at radius 2 is 1.85 bits per heavy atom. The lowest BCUT2D eigenvalue weighted by Gasteiger charge is -2.10. The first-order valence-corrected chi connectivity index (χ1v) is 7.54. The largest absolute Gasteiger partial charge is 0.484 e. The molecule has 0 atom stereocenters. The number of hydrogen-bond acceptors (Lipinski definition) is 5. The highest BCUT2D eigenvalue weighted by Gasteiger charge is 2.28. The molecule has 1 aromatic heterocycles. The summed E-state index contributed by atoms with van der Waals surface area (Å²) < 4.78 is 41.7. The summed E-state index contributed by atoms with van der Waals surface area (Å²) in [5.74, 6) is -0.527. The fourth-order valence-corrected chi connectivity index (χ4v) is 2.03. The molecule has 0 aliphatic rings. The number of carbonyl (C=O) groups excluding carboxylic acids is 1. The van der Waals surface area contributed by atoms with Crippen LogP contribution >= 0.6 is 0 Å². The molecule has 0 radical (unpaired) electrons. The minimum atomic E-state index is -4.43. The summed E-state index contributed by atoms with van der Waals surface area (Å²) >= 11 is 0. The predicted octanol–water partition coefficient (Wildman–Crippen LogP) is 2.01. The number of nitrogens with zero attached hydrogens (tertiary/aromatic N) is 2. The number of alkyl halides is 3. The Hall–Kier alpha value is -3.37. The zero-order valence-electron chi connectivity index (χ0n) is 13.7. The Morgan fingerprint density at radius 3 is 2.44 bits per heavy atom. The minimum Gasteiger partial charge on any atom is -0.484 e. The molecule has 0 unspecified atom stereocenters. The van der Waals surface area contributed by atoms with Crippen LogP contribution in [0.2, 0.25) is 0 Å². The first-order valence-electron chi connectivity index (χ1n) is 7.54. The highest BCUT2D eigenvalue weighted by molar-refractivity contribution is 5.75. The molecule has 0 aliphatic heterocycles. The Kier molecular flexibility index (Phi) is 6.16. The van der Waals surface area contributed by atoms with Crippen LogP contribution in [0.3, 0.4) is 0 Å². The van der Waals surface area contributed by atoms with E-state index in [1.54, 1.807) is 0 Å². The molecular weight excluding hydrogens is 371 g/mol. The highest BCUT2D eigenvalue weighted by atomic mass is 19.4. The van der Waals surface area contributed by atoms with Gasteiger partial charge in [0.1, 0.15) is 12.3 Å². The van der Waals surface area contributed by atoms with E-state index in [9.17, 15) is 32.9 Å². The van der Waals surface area contributed by atoms with Crippen molar-refractivity contribution in [2.75, 3.05) is 6.61 Å². The molecule has 0 fully saturated rings. The van der Waals surface area contributed by atoms with Crippen molar-refractivity contribution in [3.63, 3.8) is 0 Å². The van der Waals surface area contributed by atoms with Gasteiger partial charge in [0.15, 0.2) is 6.61 Å². The van der Waals surface area contributed by atoms with Gasteiger partial charge in [0.25, 0.3) is 11.2 Å². The van der Waals surface area contributed by atoms with Gasteiger partial charge < -0.3 is 10.1 Å². The second kappa shape index (κ2) is 8.34. The molecule has 27 heavy (non-hydrogen) atoms. The maximum Gasteiger partial charge on any atom is 0.422 e. The average Bonchev–Trinajstić information content (AvgIpc) is 2.60. The summed E-state index contributed by atoms with van der Waals surface area (Å²) in [7, 11) is 0. The number of hydrogen-bond donors (Lipinski definition) is 1. The van der Waals surface area contributed by atoms with Gasteiger partial charge in [-0.05, 0) is 17.7 Å². The number of nitrogens with one attached hydrogen (secondary N) is 1. The minimum absolute atomic E-state index is 0.0329. The molecule has 0 saturated heterocycles. The van der Waals surface area contributed by atoms with Crippen LogP contribution < -0.4 is 15.6 Å². The fourth-order valence-electron chi connectivity index (χ4n) is 2.03. The van der Waals surface area contributed by atoms with Gasteiger partial charge in [-0.25, -0.2) is 0 Å². The molecule has 8 nitrogen and oxygen atoms in total. The lowest BCUT2D eigenvalue weighted by molar-refractivity contribution is -0.385. The van der Waals surface area contributed by atoms with Crippen LogP contribution in [0.1, 0.15) is 5.56 Å². The number of aromatic nitrogens is 1. The molecule has 1 heterocycles. The third-order valence-electron chi connectivity index (χ3n) is 3.31. The molecule has 1 amide bonds. The van der Waals surface area contributed by atoms with Crippen molar-refractivity contribution in [1.82, 2.24) is 9.88 Å². The van der Waals surface area contributed by atoms with Crippen molar-refractivity contribution in [3.8, 4) is 5.75 Å². The van der Waals surface area contributed by atoms with Crippen molar-refractivity contribution >= 4 is 11.6 Å². The van der Waals surface area contributed by atoms with Gasteiger partial charge in [-0.15, -0.1) is 0 Å².